The van der Waals surface area contributed by atoms with Gasteiger partial charge in [-0.15, -0.1) is 0 Å². The first-order valence-corrected chi connectivity index (χ1v) is 6.88. The summed E-state index contributed by atoms with van der Waals surface area (Å²) in [7, 11) is 0. The second-order valence-electron chi connectivity index (χ2n) is 6.01. The lowest BCUT2D eigenvalue weighted by Crippen LogP contribution is -2.20. The van der Waals surface area contributed by atoms with E-state index in [0.29, 0.717) is 11.1 Å². The molecule has 3 nitrogen and oxygen atoms in total. The van der Waals surface area contributed by atoms with E-state index in [4.69, 9.17) is 0 Å². The number of hydrogen-bond donors (Lipinski definition) is 0. The molecule has 0 saturated heterocycles. The van der Waals surface area contributed by atoms with Crippen LogP contribution < -0.4 is 0 Å². The highest BCUT2D eigenvalue weighted by Crippen LogP contribution is 2.29. The SMILES string of the molecule is CC(C)(C)c1ccccc1C(=O)C(C#N)c1cccnc1. The number of nitrogens with zero attached hydrogens (tertiary/aromatic N) is 2. The molecule has 0 bridgehead atoms. The van der Waals surface area contributed by atoms with Crippen LogP contribution in [0.4, 0.5) is 0 Å². The molecule has 0 spiro atoms. The largest absolute Gasteiger partial charge is 0.292 e. The molecule has 1 aromatic carbocycles. The van der Waals surface area contributed by atoms with Crippen LogP contribution in [-0.2, 0) is 5.41 Å². The zero-order valence-electron chi connectivity index (χ0n) is 12.5. The molecule has 0 radical (unpaired) electrons. The summed E-state index contributed by atoms with van der Waals surface area (Å²) >= 11 is 0. The Bertz CT molecular complexity index is 678. The van der Waals surface area contributed by atoms with Gasteiger partial charge in [0.15, 0.2) is 5.78 Å². The van der Waals surface area contributed by atoms with Crippen molar-refractivity contribution in [2.45, 2.75) is 32.1 Å². The molecule has 1 unspecified atom stereocenters. The number of aromatic nitrogens is 1. The van der Waals surface area contributed by atoms with E-state index >= 15 is 0 Å². The molecule has 2 rings (SSSR count). The van der Waals surface area contributed by atoms with E-state index in [-0.39, 0.29) is 11.2 Å². The zero-order valence-corrected chi connectivity index (χ0v) is 12.5. The minimum Gasteiger partial charge on any atom is -0.292 e. The molecule has 0 amide bonds. The van der Waals surface area contributed by atoms with Gasteiger partial charge in [-0.05, 0) is 22.6 Å². The van der Waals surface area contributed by atoms with E-state index in [9.17, 15) is 10.1 Å². The quantitative estimate of drug-likeness (QED) is 0.801. The number of ketones is 1. The normalized spacial score (nSPS) is 12.5. The minimum atomic E-state index is -0.817. The number of pyridine rings is 1. The number of carbonyl (C=O) groups is 1. The Labute approximate surface area is 125 Å². The Morgan fingerprint density at radius 2 is 1.90 bits per heavy atom. The van der Waals surface area contributed by atoms with E-state index in [2.05, 4.69) is 31.8 Å². The first-order chi connectivity index (χ1) is 9.95. The molecule has 0 N–H and O–H groups in total. The van der Waals surface area contributed by atoms with Gasteiger partial charge in [-0.1, -0.05) is 51.1 Å². The van der Waals surface area contributed by atoms with E-state index in [0.717, 1.165) is 5.56 Å². The molecule has 21 heavy (non-hydrogen) atoms. The van der Waals surface area contributed by atoms with E-state index < -0.39 is 5.92 Å². The third kappa shape index (κ3) is 3.17. The van der Waals surface area contributed by atoms with E-state index in [1.165, 1.54) is 0 Å². The lowest BCUT2D eigenvalue weighted by molar-refractivity contribution is 0.0976. The van der Waals surface area contributed by atoms with Crippen LogP contribution >= 0.6 is 0 Å². The zero-order chi connectivity index (χ0) is 15.5. The van der Waals surface area contributed by atoms with Gasteiger partial charge in [0.2, 0.25) is 0 Å². The van der Waals surface area contributed by atoms with Crippen LogP contribution in [0.2, 0.25) is 0 Å². The highest BCUT2D eigenvalue weighted by molar-refractivity contribution is 6.04. The summed E-state index contributed by atoms with van der Waals surface area (Å²) in [5.74, 6) is -0.988. The Balaban J connectivity index is 2.48. The molecule has 0 saturated carbocycles. The van der Waals surface area contributed by atoms with Crippen LogP contribution in [0, 0.1) is 11.3 Å². The maximum Gasteiger partial charge on any atom is 0.184 e. The lowest BCUT2D eigenvalue weighted by Gasteiger charge is -2.23. The van der Waals surface area contributed by atoms with Crippen LogP contribution in [0.15, 0.2) is 48.8 Å². The summed E-state index contributed by atoms with van der Waals surface area (Å²) in [6.45, 7) is 6.18. The number of benzene rings is 1. The molecule has 0 fully saturated rings. The Morgan fingerprint density at radius 1 is 1.19 bits per heavy atom. The number of carbonyl (C=O) groups excluding carboxylic acids is 1. The van der Waals surface area contributed by atoms with Gasteiger partial charge >= 0.3 is 0 Å². The second kappa shape index (κ2) is 5.88. The summed E-state index contributed by atoms with van der Waals surface area (Å²) in [4.78, 5) is 16.8. The van der Waals surface area contributed by atoms with Crippen molar-refractivity contribution in [2.24, 2.45) is 0 Å². The van der Waals surface area contributed by atoms with E-state index in [1.807, 2.05) is 18.2 Å². The maximum atomic E-state index is 12.8. The topological polar surface area (TPSA) is 53.8 Å². The summed E-state index contributed by atoms with van der Waals surface area (Å²) in [6.07, 6.45) is 3.21. The van der Waals surface area contributed by atoms with Gasteiger partial charge in [-0.3, -0.25) is 9.78 Å². The van der Waals surface area contributed by atoms with Crippen molar-refractivity contribution < 1.29 is 4.79 Å². The molecule has 1 atom stereocenters. The van der Waals surface area contributed by atoms with Gasteiger partial charge in [-0.25, -0.2) is 0 Å². The third-order valence-corrected chi connectivity index (χ3v) is 3.41. The molecule has 2 aromatic rings. The Morgan fingerprint density at radius 3 is 2.48 bits per heavy atom. The van der Waals surface area contributed by atoms with Gasteiger partial charge in [0.05, 0.1) is 6.07 Å². The Kier molecular flexibility index (Phi) is 4.18. The molecule has 0 aliphatic rings. The van der Waals surface area contributed by atoms with Crippen molar-refractivity contribution in [2.75, 3.05) is 0 Å². The van der Waals surface area contributed by atoms with Gasteiger partial charge in [-0.2, -0.15) is 5.26 Å². The molecule has 0 aliphatic heterocycles. The minimum absolute atomic E-state index is 0.152. The van der Waals surface area contributed by atoms with Crippen molar-refractivity contribution in [3.05, 3.63) is 65.5 Å². The predicted molar refractivity (Wildman–Crippen MR) is 82.1 cm³/mol. The van der Waals surface area contributed by atoms with Gasteiger partial charge in [0, 0.05) is 18.0 Å². The van der Waals surface area contributed by atoms with Crippen molar-refractivity contribution >= 4 is 5.78 Å². The standard InChI is InChI=1S/C18H18N2O/c1-18(2,3)16-9-5-4-8-14(16)17(21)15(11-19)13-7-6-10-20-12-13/h4-10,12,15H,1-3H3. The highest BCUT2D eigenvalue weighted by Gasteiger charge is 2.27. The second-order valence-corrected chi connectivity index (χ2v) is 6.01. The summed E-state index contributed by atoms with van der Waals surface area (Å²) in [6, 6.07) is 13.1. The fourth-order valence-corrected chi connectivity index (χ4v) is 2.34. The average molecular weight is 278 g/mol. The maximum absolute atomic E-state index is 12.8. The fourth-order valence-electron chi connectivity index (χ4n) is 2.34. The first kappa shape index (κ1) is 14.9. The van der Waals surface area contributed by atoms with Crippen molar-refractivity contribution in [1.82, 2.24) is 4.98 Å². The fraction of sp³-hybridized carbons (Fsp3) is 0.278. The van der Waals surface area contributed by atoms with Gasteiger partial charge in [0.1, 0.15) is 5.92 Å². The van der Waals surface area contributed by atoms with Gasteiger partial charge in [0.25, 0.3) is 0 Å². The van der Waals surface area contributed by atoms with Crippen LogP contribution in [0.5, 0.6) is 0 Å². The van der Waals surface area contributed by atoms with Crippen LogP contribution in [0.3, 0.4) is 0 Å². The monoisotopic (exact) mass is 278 g/mol. The predicted octanol–water partition coefficient (Wildman–Crippen LogP) is 3.87. The first-order valence-electron chi connectivity index (χ1n) is 6.88. The van der Waals surface area contributed by atoms with Crippen LogP contribution in [0.1, 0.15) is 48.2 Å². The molecule has 3 heteroatoms. The lowest BCUT2D eigenvalue weighted by atomic mass is 9.80. The smallest absolute Gasteiger partial charge is 0.184 e. The summed E-state index contributed by atoms with van der Waals surface area (Å²) in [5.41, 5.74) is 2.05. The van der Waals surface area contributed by atoms with Crippen molar-refractivity contribution in [3.8, 4) is 6.07 Å². The molecule has 1 aromatic heterocycles. The number of rotatable bonds is 3. The van der Waals surface area contributed by atoms with Crippen molar-refractivity contribution in [3.63, 3.8) is 0 Å². The third-order valence-electron chi connectivity index (χ3n) is 3.41. The van der Waals surface area contributed by atoms with Crippen LogP contribution in [0.25, 0.3) is 0 Å². The van der Waals surface area contributed by atoms with E-state index in [1.54, 1.807) is 30.6 Å². The average Bonchev–Trinajstić information content (AvgIpc) is 2.48. The summed E-state index contributed by atoms with van der Waals surface area (Å²) < 4.78 is 0. The highest BCUT2D eigenvalue weighted by atomic mass is 16.1. The summed E-state index contributed by atoms with van der Waals surface area (Å²) in [5, 5.41) is 9.41. The molecule has 106 valence electrons. The number of Topliss-reactive ketones (excluding diaryl/α,β-unsaturated/α-hetero) is 1. The number of hydrogen-bond acceptors (Lipinski definition) is 3. The molecule has 1 heterocycles. The molecule has 0 aliphatic carbocycles. The van der Waals surface area contributed by atoms with Crippen LogP contribution in [-0.4, -0.2) is 10.8 Å². The molecular formula is C18H18N2O. The molecular weight excluding hydrogens is 260 g/mol. The van der Waals surface area contributed by atoms with Crippen molar-refractivity contribution in [1.29, 1.82) is 5.26 Å². The Hall–Kier alpha value is -2.47. The van der Waals surface area contributed by atoms with Gasteiger partial charge < -0.3 is 0 Å². The number of nitriles is 1.